The van der Waals surface area contributed by atoms with Gasteiger partial charge in [-0.15, -0.1) is 0 Å². The van der Waals surface area contributed by atoms with Gasteiger partial charge >= 0.3 is 5.69 Å². The lowest BCUT2D eigenvalue weighted by molar-refractivity contribution is -0.116. The molecule has 0 aliphatic heterocycles. The Morgan fingerprint density at radius 3 is 2.80 bits per heavy atom. The average Bonchev–Trinajstić information content (AvgIpc) is 2.53. The number of nitrogens with one attached hydrogen (secondary N) is 3. The second-order valence-electron chi connectivity index (χ2n) is 3.16. The molecule has 0 radical (unpaired) electrons. The number of aromatic nitrogens is 2. The SMILES string of the molecule is NC(=O)CNc1ccc2[nH]c(=O)[nH]c2c1. The van der Waals surface area contributed by atoms with Crippen LogP contribution in [0.3, 0.4) is 0 Å². The fraction of sp³-hybridized carbons (Fsp3) is 0.111. The fourth-order valence-electron chi connectivity index (χ4n) is 1.33. The maximum atomic E-state index is 11.0. The molecule has 15 heavy (non-hydrogen) atoms. The number of hydrogen-bond acceptors (Lipinski definition) is 3. The Hall–Kier alpha value is -2.24. The molecular weight excluding hydrogens is 196 g/mol. The van der Waals surface area contributed by atoms with Crippen molar-refractivity contribution < 1.29 is 4.79 Å². The number of aromatic amines is 2. The third-order valence-corrected chi connectivity index (χ3v) is 1.98. The van der Waals surface area contributed by atoms with Crippen LogP contribution in [0, 0.1) is 0 Å². The molecule has 0 bridgehead atoms. The Bertz CT molecular complexity index is 554. The molecule has 0 fully saturated rings. The molecule has 0 spiro atoms. The number of hydrogen-bond donors (Lipinski definition) is 4. The number of fused-ring (bicyclic) bond motifs is 1. The van der Waals surface area contributed by atoms with Gasteiger partial charge in [-0.05, 0) is 18.2 Å². The van der Waals surface area contributed by atoms with Crippen LogP contribution in [0.4, 0.5) is 5.69 Å². The standard InChI is InChI=1S/C9H10N4O2/c10-8(14)4-11-5-1-2-6-7(3-5)13-9(15)12-6/h1-3,11H,4H2,(H2,10,14)(H2,12,13,15). The maximum absolute atomic E-state index is 11.0. The minimum absolute atomic E-state index is 0.0696. The van der Waals surface area contributed by atoms with Gasteiger partial charge in [-0.2, -0.15) is 0 Å². The lowest BCUT2D eigenvalue weighted by Gasteiger charge is -2.02. The van der Waals surface area contributed by atoms with E-state index in [9.17, 15) is 9.59 Å². The average molecular weight is 206 g/mol. The van der Waals surface area contributed by atoms with Gasteiger partial charge in [-0.3, -0.25) is 4.79 Å². The summed E-state index contributed by atoms with van der Waals surface area (Å²) in [5.74, 6) is -0.433. The first-order valence-corrected chi connectivity index (χ1v) is 4.39. The van der Waals surface area contributed by atoms with E-state index in [4.69, 9.17) is 5.73 Å². The van der Waals surface area contributed by atoms with E-state index in [2.05, 4.69) is 15.3 Å². The van der Waals surface area contributed by atoms with E-state index in [1.54, 1.807) is 18.2 Å². The van der Waals surface area contributed by atoms with Crippen LogP contribution in [0.15, 0.2) is 23.0 Å². The van der Waals surface area contributed by atoms with Crippen molar-refractivity contribution in [3.63, 3.8) is 0 Å². The maximum Gasteiger partial charge on any atom is 0.323 e. The lowest BCUT2D eigenvalue weighted by atomic mass is 10.3. The van der Waals surface area contributed by atoms with Gasteiger partial charge in [-0.25, -0.2) is 4.79 Å². The second-order valence-corrected chi connectivity index (χ2v) is 3.16. The smallest absolute Gasteiger partial charge is 0.323 e. The van der Waals surface area contributed by atoms with Gasteiger partial charge in [0.05, 0.1) is 17.6 Å². The molecule has 2 rings (SSSR count). The zero-order chi connectivity index (χ0) is 10.8. The van der Waals surface area contributed by atoms with Gasteiger partial charge in [0.2, 0.25) is 5.91 Å². The predicted molar refractivity (Wildman–Crippen MR) is 56.6 cm³/mol. The molecule has 0 atom stereocenters. The summed E-state index contributed by atoms with van der Waals surface area (Å²) in [5, 5.41) is 2.84. The van der Waals surface area contributed by atoms with Crippen molar-refractivity contribution in [1.82, 2.24) is 9.97 Å². The minimum atomic E-state index is -0.433. The quantitative estimate of drug-likeness (QED) is 0.556. The van der Waals surface area contributed by atoms with Crippen LogP contribution in [-0.4, -0.2) is 22.4 Å². The molecule has 78 valence electrons. The van der Waals surface area contributed by atoms with Gasteiger partial charge in [0.15, 0.2) is 0 Å². The van der Waals surface area contributed by atoms with Crippen LogP contribution in [0.25, 0.3) is 11.0 Å². The highest BCUT2D eigenvalue weighted by atomic mass is 16.1. The number of rotatable bonds is 3. The number of carbonyl (C=O) groups excluding carboxylic acids is 1. The molecule has 1 aromatic heterocycles. The van der Waals surface area contributed by atoms with E-state index in [1.165, 1.54) is 0 Å². The number of amides is 1. The number of primary amides is 1. The van der Waals surface area contributed by atoms with Crippen molar-refractivity contribution in [2.24, 2.45) is 5.73 Å². The van der Waals surface area contributed by atoms with E-state index in [-0.39, 0.29) is 12.2 Å². The molecule has 1 aromatic carbocycles. The van der Waals surface area contributed by atoms with Gasteiger partial charge in [0, 0.05) is 5.69 Å². The summed E-state index contributed by atoms with van der Waals surface area (Å²) in [6, 6.07) is 5.24. The highest BCUT2D eigenvalue weighted by Gasteiger charge is 2.00. The molecule has 1 amide bonds. The normalized spacial score (nSPS) is 10.4. The lowest BCUT2D eigenvalue weighted by Crippen LogP contribution is -2.21. The predicted octanol–water partition coefficient (Wildman–Crippen LogP) is -0.247. The first-order valence-electron chi connectivity index (χ1n) is 4.39. The first kappa shape index (κ1) is 9.32. The van der Waals surface area contributed by atoms with E-state index in [0.717, 1.165) is 11.2 Å². The highest BCUT2D eigenvalue weighted by Crippen LogP contribution is 2.13. The summed E-state index contributed by atoms with van der Waals surface area (Å²) < 4.78 is 0. The molecule has 6 nitrogen and oxygen atoms in total. The summed E-state index contributed by atoms with van der Waals surface area (Å²) in [7, 11) is 0. The van der Waals surface area contributed by atoms with Crippen molar-refractivity contribution in [3.8, 4) is 0 Å². The van der Waals surface area contributed by atoms with Gasteiger partial charge in [-0.1, -0.05) is 0 Å². The summed E-state index contributed by atoms with van der Waals surface area (Å²) in [6.45, 7) is 0.0696. The van der Waals surface area contributed by atoms with Crippen molar-refractivity contribution in [2.75, 3.05) is 11.9 Å². The Labute approximate surface area is 84.5 Å². The van der Waals surface area contributed by atoms with Gasteiger partial charge in [0.1, 0.15) is 0 Å². The number of benzene rings is 1. The Morgan fingerprint density at radius 1 is 1.33 bits per heavy atom. The highest BCUT2D eigenvalue weighted by molar-refractivity contribution is 5.82. The van der Waals surface area contributed by atoms with Crippen molar-refractivity contribution in [2.45, 2.75) is 0 Å². The van der Waals surface area contributed by atoms with Crippen LogP contribution in [0.2, 0.25) is 0 Å². The van der Waals surface area contributed by atoms with Crippen molar-refractivity contribution >= 4 is 22.6 Å². The van der Waals surface area contributed by atoms with Crippen LogP contribution in [0.5, 0.6) is 0 Å². The Morgan fingerprint density at radius 2 is 2.07 bits per heavy atom. The van der Waals surface area contributed by atoms with Crippen molar-refractivity contribution in [3.05, 3.63) is 28.7 Å². The Balaban J connectivity index is 2.30. The van der Waals surface area contributed by atoms with E-state index in [1.807, 2.05) is 0 Å². The minimum Gasteiger partial charge on any atom is -0.376 e. The zero-order valence-electron chi connectivity index (χ0n) is 7.83. The molecule has 0 aliphatic rings. The van der Waals surface area contributed by atoms with Crippen molar-refractivity contribution in [1.29, 1.82) is 0 Å². The largest absolute Gasteiger partial charge is 0.376 e. The van der Waals surface area contributed by atoms with Crippen LogP contribution in [-0.2, 0) is 4.79 Å². The molecule has 6 heteroatoms. The number of carbonyl (C=O) groups is 1. The van der Waals surface area contributed by atoms with Crippen LogP contribution in [0.1, 0.15) is 0 Å². The first-order chi connectivity index (χ1) is 7.15. The second kappa shape index (κ2) is 3.49. The number of nitrogens with two attached hydrogens (primary N) is 1. The molecule has 2 aromatic rings. The topological polar surface area (TPSA) is 104 Å². The Kier molecular flexibility index (Phi) is 2.17. The zero-order valence-corrected chi connectivity index (χ0v) is 7.83. The molecule has 0 aliphatic carbocycles. The molecule has 0 saturated heterocycles. The van der Waals surface area contributed by atoms with Gasteiger partial charge in [0.25, 0.3) is 0 Å². The molecule has 0 unspecified atom stereocenters. The van der Waals surface area contributed by atoms with Gasteiger partial charge < -0.3 is 21.0 Å². The van der Waals surface area contributed by atoms with Crippen LogP contribution >= 0.6 is 0 Å². The fourth-order valence-corrected chi connectivity index (χ4v) is 1.33. The number of imidazole rings is 1. The van der Waals surface area contributed by atoms with E-state index >= 15 is 0 Å². The van der Waals surface area contributed by atoms with Crippen LogP contribution < -0.4 is 16.7 Å². The summed E-state index contributed by atoms with van der Waals surface area (Å²) in [5.41, 5.74) is 6.89. The van der Waals surface area contributed by atoms with E-state index in [0.29, 0.717) is 5.52 Å². The molecule has 1 heterocycles. The number of H-pyrrole nitrogens is 2. The third-order valence-electron chi connectivity index (χ3n) is 1.98. The number of anilines is 1. The van der Waals surface area contributed by atoms with E-state index < -0.39 is 5.91 Å². The third kappa shape index (κ3) is 1.98. The molecule has 5 N–H and O–H groups in total. The molecule has 0 saturated carbocycles. The monoisotopic (exact) mass is 206 g/mol. The summed E-state index contributed by atoms with van der Waals surface area (Å²) in [4.78, 5) is 26.7. The summed E-state index contributed by atoms with van der Waals surface area (Å²) >= 11 is 0. The molecular formula is C9H10N4O2. The summed E-state index contributed by atoms with van der Waals surface area (Å²) in [6.07, 6.45) is 0.